The van der Waals surface area contributed by atoms with Gasteiger partial charge in [-0.2, -0.15) is 0 Å². The third-order valence-corrected chi connectivity index (χ3v) is 3.35. The van der Waals surface area contributed by atoms with Crippen LogP contribution in [0.2, 0.25) is 10.0 Å². The van der Waals surface area contributed by atoms with E-state index in [9.17, 15) is 10.1 Å². The minimum atomic E-state index is -0.470. The van der Waals surface area contributed by atoms with Gasteiger partial charge in [0.25, 0.3) is 5.69 Å². The summed E-state index contributed by atoms with van der Waals surface area (Å²) in [6, 6.07) is 9.27. The second-order valence-electron chi connectivity index (χ2n) is 4.18. The summed E-state index contributed by atoms with van der Waals surface area (Å²) in [6.07, 6.45) is 0. The molecule has 0 aliphatic carbocycles. The molecule has 0 fully saturated rings. The monoisotopic (exact) mass is 326 g/mol. The first-order valence-electron chi connectivity index (χ1n) is 6.16. The second-order valence-corrected chi connectivity index (χ2v) is 5.00. The molecule has 0 saturated heterocycles. The van der Waals surface area contributed by atoms with Gasteiger partial charge in [0.2, 0.25) is 0 Å². The highest BCUT2D eigenvalue weighted by Crippen LogP contribution is 2.32. The molecule has 2 aromatic rings. The normalized spacial score (nSPS) is 10.2. The Labute approximate surface area is 131 Å². The quantitative estimate of drug-likeness (QED) is 0.611. The van der Waals surface area contributed by atoms with Crippen LogP contribution in [0.25, 0.3) is 0 Å². The molecule has 0 spiro atoms. The summed E-state index contributed by atoms with van der Waals surface area (Å²) in [6.45, 7) is 2.55. The van der Waals surface area contributed by atoms with Gasteiger partial charge in [-0.25, -0.2) is 0 Å². The molecule has 0 aliphatic heterocycles. The van der Waals surface area contributed by atoms with Crippen LogP contribution in [-0.4, -0.2) is 11.5 Å². The van der Waals surface area contributed by atoms with Gasteiger partial charge in [0.1, 0.15) is 11.5 Å². The molecule has 1 N–H and O–H groups in total. The molecule has 0 radical (unpaired) electrons. The molecule has 2 aromatic carbocycles. The van der Waals surface area contributed by atoms with Crippen LogP contribution in [0.4, 0.5) is 11.4 Å². The van der Waals surface area contributed by atoms with Crippen molar-refractivity contribution in [2.45, 2.75) is 6.92 Å². The summed E-state index contributed by atoms with van der Waals surface area (Å²) in [4.78, 5) is 10.5. The maximum Gasteiger partial charge on any atom is 0.275 e. The molecular weight excluding hydrogens is 315 g/mol. The molecule has 0 atom stereocenters. The maximum atomic E-state index is 10.9. The molecule has 0 aromatic heterocycles. The summed E-state index contributed by atoms with van der Waals surface area (Å²) in [5.74, 6) is 0.797. The molecule has 0 unspecified atom stereocenters. The number of nitro groups is 1. The van der Waals surface area contributed by atoms with Gasteiger partial charge in [0.05, 0.1) is 21.0 Å². The van der Waals surface area contributed by atoms with E-state index in [4.69, 9.17) is 27.9 Å². The van der Waals surface area contributed by atoms with Gasteiger partial charge >= 0.3 is 0 Å². The Morgan fingerprint density at radius 2 is 1.90 bits per heavy atom. The van der Waals surface area contributed by atoms with Gasteiger partial charge in [0.15, 0.2) is 0 Å². The van der Waals surface area contributed by atoms with Gasteiger partial charge in [-0.1, -0.05) is 23.2 Å². The van der Waals surface area contributed by atoms with Gasteiger partial charge in [-0.15, -0.1) is 0 Å². The largest absolute Gasteiger partial charge is 0.457 e. The number of anilines is 1. The van der Waals surface area contributed by atoms with Gasteiger partial charge in [-0.3, -0.25) is 10.1 Å². The van der Waals surface area contributed by atoms with Gasteiger partial charge in [-0.05, 0) is 19.1 Å². The van der Waals surface area contributed by atoms with Crippen LogP contribution in [0.3, 0.4) is 0 Å². The summed E-state index contributed by atoms with van der Waals surface area (Å²) >= 11 is 11.7. The van der Waals surface area contributed by atoms with E-state index in [2.05, 4.69) is 5.32 Å². The number of benzene rings is 2. The molecule has 110 valence electrons. The SMILES string of the molecule is CCNc1cc(Oc2ccc(Cl)c(Cl)c2)cc([N+](=O)[O-])c1. The van der Waals surface area contributed by atoms with Crippen LogP contribution in [0.15, 0.2) is 36.4 Å². The zero-order valence-electron chi connectivity index (χ0n) is 11.1. The highest BCUT2D eigenvalue weighted by Gasteiger charge is 2.11. The highest BCUT2D eigenvalue weighted by molar-refractivity contribution is 6.42. The molecular formula is C14H12Cl2N2O3. The van der Waals surface area contributed by atoms with Crippen molar-refractivity contribution in [3.63, 3.8) is 0 Å². The number of ether oxygens (including phenoxy) is 1. The third-order valence-electron chi connectivity index (χ3n) is 2.61. The Balaban J connectivity index is 2.33. The highest BCUT2D eigenvalue weighted by atomic mass is 35.5. The van der Waals surface area contributed by atoms with Crippen molar-refractivity contribution in [3.05, 3.63) is 56.6 Å². The number of nitrogens with zero attached hydrogens (tertiary/aromatic N) is 1. The van der Waals surface area contributed by atoms with E-state index < -0.39 is 4.92 Å². The Morgan fingerprint density at radius 3 is 2.52 bits per heavy atom. The van der Waals surface area contributed by atoms with Crippen molar-refractivity contribution in [2.75, 3.05) is 11.9 Å². The van der Waals surface area contributed by atoms with E-state index in [1.165, 1.54) is 12.1 Å². The fourth-order valence-electron chi connectivity index (χ4n) is 1.73. The molecule has 0 heterocycles. The van der Waals surface area contributed by atoms with Crippen molar-refractivity contribution in [1.82, 2.24) is 0 Å². The number of halogens is 2. The van der Waals surface area contributed by atoms with Crippen LogP contribution >= 0.6 is 23.2 Å². The van der Waals surface area contributed by atoms with Crippen molar-refractivity contribution < 1.29 is 9.66 Å². The van der Waals surface area contributed by atoms with E-state index in [0.717, 1.165) is 0 Å². The summed E-state index contributed by atoms with van der Waals surface area (Å²) < 4.78 is 5.60. The Morgan fingerprint density at radius 1 is 1.14 bits per heavy atom. The Hall–Kier alpha value is -1.98. The van der Waals surface area contributed by atoms with Crippen LogP contribution in [0, 0.1) is 10.1 Å². The fourth-order valence-corrected chi connectivity index (χ4v) is 2.02. The average Bonchev–Trinajstić information content (AvgIpc) is 2.43. The molecule has 7 heteroatoms. The standard InChI is InChI=1S/C14H12Cl2N2O3/c1-2-17-9-5-10(18(19)20)7-12(6-9)21-11-3-4-13(15)14(16)8-11/h3-8,17H,2H2,1H3. The van der Waals surface area contributed by atoms with E-state index in [-0.39, 0.29) is 5.69 Å². The Kier molecular flexibility index (Phi) is 4.88. The lowest BCUT2D eigenvalue weighted by atomic mass is 10.2. The molecule has 0 amide bonds. The van der Waals surface area contributed by atoms with E-state index in [1.807, 2.05) is 6.92 Å². The zero-order valence-corrected chi connectivity index (χ0v) is 12.6. The second kappa shape index (κ2) is 6.65. The van der Waals surface area contributed by atoms with E-state index >= 15 is 0 Å². The van der Waals surface area contributed by atoms with Gasteiger partial charge in [0, 0.05) is 30.4 Å². The molecule has 0 aliphatic rings. The molecule has 0 bridgehead atoms. The smallest absolute Gasteiger partial charge is 0.275 e. The lowest BCUT2D eigenvalue weighted by Gasteiger charge is -2.09. The molecule has 21 heavy (non-hydrogen) atoms. The Bertz CT molecular complexity index is 677. The molecule has 2 rings (SSSR count). The first kappa shape index (κ1) is 15.4. The van der Waals surface area contributed by atoms with Gasteiger partial charge < -0.3 is 10.1 Å². The summed E-state index contributed by atoms with van der Waals surface area (Å²) in [7, 11) is 0. The van der Waals surface area contributed by atoms with Crippen LogP contribution in [-0.2, 0) is 0 Å². The number of hydrogen-bond acceptors (Lipinski definition) is 4. The minimum absolute atomic E-state index is 0.0523. The summed E-state index contributed by atoms with van der Waals surface area (Å²) in [5.41, 5.74) is 0.560. The third kappa shape index (κ3) is 4.00. The number of hydrogen-bond donors (Lipinski definition) is 1. The van der Waals surface area contributed by atoms with Crippen molar-refractivity contribution in [3.8, 4) is 11.5 Å². The first-order valence-corrected chi connectivity index (χ1v) is 6.91. The topological polar surface area (TPSA) is 64.4 Å². The number of non-ortho nitro benzene ring substituents is 1. The lowest BCUT2D eigenvalue weighted by Crippen LogP contribution is -1.98. The number of nitrogens with one attached hydrogen (secondary N) is 1. The fraction of sp³-hybridized carbons (Fsp3) is 0.143. The molecule has 0 saturated carbocycles. The van der Waals surface area contributed by atoms with E-state index in [0.29, 0.717) is 33.8 Å². The molecule has 5 nitrogen and oxygen atoms in total. The average molecular weight is 327 g/mol. The number of rotatable bonds is 5. The predicted molar refractivity (Wildman–Crippen MR) is 83.8 cm³/mol. The predicted octanol–water partition coefficient (Wildman–Crippen LogP) is 5.13. The van der Waals surface area contributed by atoms with E-state index in [1.54, 1.807) is 24.3 Å². The minimum Gasteiger partial charge on any atom is -0.457 e. The zero-order chi connectivity index (χ0) is 15.4. The lowest BCUT2D eigenvalue weighted by molar-refractivity contribution is -0.384. The van der Waals surface area contributed by atoms with Crippen LogP contribution in [0.5, 0.6) is 11.5 Å². The van der Waals surface area contributed by atoms with Crippen molar-refractivity contribution in [1.29, 1.82) is 0 Å². The maximum absolute atomic E-state index is 10.9. The first-order chi connectivity index (χ1) is 9.99. The summed E-state index contributed by atoms with van der Waals surface area (Å²) in [5, 5.41) is 14.7. The van der Waals surface area contributed by atoms with Crippen molar-refractivity contribution in [2.24, 2.45) is 0 Å². The van der Waals surface area contributed by atoms with Crippen LogP contribution < -0.4 is 10.1 Å². The number of nitro benzene ring substituents is 1. The van der Waals surface area contributed by atoms with Crippen molar-refractivity contribution >= 4 is 34.6 Å². The van der Waals surface area contributed by atoms with Crippen LogP contribution in [0.1, 0.15) is 6.92 Å².